The molecule has 0 spiro atoms. The molecule has 100 valence electrons. The molecule has 0 aromatic rings. The Kier molecular flexibility index (Phi) is 4.11. The smallest absolute Gasteiger partial charge is 0.410 e. The van der Waals surface area contributed by atoms with Crippen LogP contribution in [0.4, 0.5) is 4.79 Å². The Morgan fingerprint density at radius 2 is 2.00 bits per heavy atom. The van der Waals surface area contributed by atoms with Crippen molar-refractivity contribution in [1.82, 2.24) is 4.90 Å². The van der Waals surface area contributed by atoms with Crippen molar-refractivity contribution >= 4 is 6.09 Å². The summed E-state index contributed by atoms with van der Waals surface area (Å²) in [6.07, 6.45) is 4.39. The number of hydrogen-bond donors (Lipinski definition) is 0. The summed E-state index contributed by atoms with van der Waals surface area (Å²) >= 11 is 0. The zero-order chi connectivity index (χ0) is 13.3. The van der Waals surface area contributed by atoms with E-state index in [2.05, 4.69) is 20.8 Å². The maximum absolute atomic E-state index is 12.1. The first-order chi connectivity index (χ1) is 7.67. The first-order valence-electron chi connectivity index (χ1n) is 6.69. The maximum atomic E-state index is 12.1. The van der Waals surface area contributed by atoms with E-state index in [0.717, 1.165) is 12.8 Å². The molecule has 17 heavy (non-hydrogen) atoms. The van der Waals surface area contributed by atoms with Crippen LogP contribution in [0.15, 0.2) is 0 Å². The van der Waals surface area contributed by atoms with Gasteiger partial charge in [0.05, 0.1) is 0 Å². The van der Waals surface area contributed by atoms with Crippen LogP contribution in [-0.4, -0.2) is 28.2 Å². The molecule has 0 aliphatic carbocycles. The number of hydrogen-bond acceptors (Lipinski definition) is 2. The van der Waals surface area contributed by atoms with Gasteiger partial charge in [-0.15, -0.1) is 0 Å². The highest BCUT2D eigenvalue weighted by Gasteiger charge is 2.48. The van der Waals surface area contributed by atoms with Crippen molar-refractivity contribution in [3.8, 4) is 0 Å². The minimum Gasteiger partial charge on any atom is -0.444 e. The second kappa shape index (κ2) is 4.87. The Hall–Kier alpha value is -0.730. The molecule has 1 fully saturated rings. The number of unbranched alkanes of at least 4 members (excludes halogenated alkanes) is 1. The highest BCUT2D eigenvalue weighted by molar-refractivity contribution is 5.71. The predicted molar refractivity (Wildman–Crippen MR) is 70.1 cm³/mol. The molecule has 0 bridgehead atoms. The normalized spacial score (nSPS) is 23.2. The summed E-state index contributed by atoms with van der Waals surface area (Å²) in [4.78, 5) is 14.1. The maximum Gasteiger partial charge on any atom is 0.410 e. The molecule has 1 amide bonds. The minimum atomic E-state index is -0.405. The number of carbonyl (C=O) groups is 1. The zero-order valence-electron chi connectivity index (χ0n) is 12.2. The Bertz CT molecular complexity index is 278. The zero-order valence-corrected chi connectivity index (χ0v) is 12.2. The van der Waals surface area contributed by atoms with Crippen molar-refractivity contribution in [2.45, 2.75) is 84.4 Å². The van der Waals surface area contributed by atoms with Gasteiger partial charge in [0.15, 0.2) is 0 Å². The van der Waals surface area contributed by atoms with Crippen LogP contribution in [-0.2, 0) is 4.74 Å². The summed E-state index contributed by atoms with van der Waals surface area (Å²) in [6, 6.07) is 0.375. The molecule has 1 rings (SSSR count). The SMILES string of the molecule is CCCCC1CC(C)(C)N1C(=O)OC(C)(C)C. The van der Waals surface area contributed by atoms with Gasteiger partial charge >= 0.3 is 6.09 Å². The van der Waals surface area contributed by atoms with Crippen LogP contribution >= 0.6 is 0 Å². The van der Waals surface area contributed by atoms with Crippen LogP contribution < -0.4 is 0 Å². The van der Waals surface area contributed by atoms with Gasteiger partial charge in [0.2, 0.25) is 0 Å². The number of rotatable bonds is 3. The standard InChI is InChI=1S/C14H27NO2/c1-7-8-9-11-10-14(5,6)15(11)12(16)17-13(2,3)4/h11H,7-10H2,1-6H3. The number of likely N-dealkylation sites (tertiary alicyclic amines) is 1. The van der Waals surface area contributed by atoms with Crippen LogP contribution in [0.3, 0.4) is 0 Å². The highest BCUT2D eigenvalue weighted by atomic mass is 16.6. The molecular formula is C14H27NO2. The molecule has 1 heterocycles. The molecule has 1 aliphatic heterocycles. The lowest BCUT2D eigenvalue weighted by molar-refractivity contribution is -0.0676. The van der Waals surface area contributed by atoms with Crippen LogP contribution in [0, 0.1) is 0 Å². The molecule has 1 unspecified atom stereocenters. The van der Waals surface area contributed by atoms with Gasteiger partial charge in [-0.3, -0.25) is 4.90 Å². The predicted octanol–water partition coefficient (Wildman–Crippen LogP) is 3.96. The van der Waals surface area contributed by atoms with E-state index in [9.17, 15) is 4.79 Å². The number of nitrogens with zero attached hydrogens (tertiary/aromatic N) is 1. The molecule has 0 radical (unpaired) electrons. The Balaban J connectivity index is 2.61. The lowest BCUT2D eigenvalue weighted by Crippen LogP contribution is -2.65. The third-order valence-corrected chi connectivity index (χ3v) is 3.23. The van der Waals surface area contributed by atoms with Gasteiger partial charge in [-0.1, -0.05) is 19.8 Å². The van der Waals surface area contributed by atoms with E-state index >= 15 is 0 Å². The van der Waals surface area contributed by atoms with Gasteiger partial charge in [-0.2, -0.15) is 0 Å². The van der Waals surface area contributed by atoms with Gasteiger partial charge in [-0.05, 0) is 47.5 Å². The topological polar surface area (TPSA) is 29.5 Å². The molecule has 0 N–H and O–H groups in total. The van der Waals surface area contributed by atoms with Crippen LogP contribution in [0.1, 0.15) is 67.2 Å². The van der Waals surface area contributed by atoms with Gasteiger partial charge in [0.1, 0.15) is 5.60 Å². The quantitative estimate of drug-likeness (QED) is 0.748. The molecule has 0 aromatic carbocycles. The van der Waals surface area contributed by atoms with E-state index in [1.54, 1.807) is 0 Å². The molecule has 1 aliphatic rings. The fourth-order valence-electron chi connectivity index (χ4n) is 2.53. The van der Waals surface area contributed by atoms with Crippen molar-refractivity contribution in [2.24, 2.45) is 0 Å². The lowest BCUT2D eigenvalue weighted by atomic mass is 9.79. The summed E-state index contributed by atoms with van der Waals surface area (Å²) in [6.45, 7) is 12.1. The van der Waals surface area contributed by atoms with Crippen molar-refractivity contribution in [2.75, 3.05) is 0 Å². The molecule has 3 heteroatoms. The van der Waals surface area contributed by atoms with E-state index in [0.29, 0.717) is 6.04 Å². The second-order valence-corrected chi connectivity index (χ2v) is 6.66. The second-order valence-electron chi connectivity index (χ2n) is 6.66. The minimum absolute atomic E-state index is 0.0409. The molecule has 0 aromatic heterocycles. The van der Waals surface area contributed by atoms with E-state index in [4.69, 9.17) is 4.74 Å². The first-order valence-corrected chi connectivity index (χ1v) is 6.69. The van der Waals surface area contributed by atoms with E-state index in [1.165, 1.54) is 12.8 Å². The Morgan fingerprint density at radius 1 is 1.41 bits per heavy atom. The van der Waals surface area contributed by atoms with E-state index < -0.39 is 5.60 Å². The first kappa shape index (κ1) is 14.3. The van der Waals surface area contributed by atoms with Crippen molar-refractivity contribution in [1.29, 1.82) is 0 Å². The summed E-state index contributed by atoms with van der Waals surface area (Å²) in [5.74, 6) is 0. The number of ether oxygens (including phenoxy) is 1. The van der Waals surface area contributed by atoms with Gasteiger partial charge in [0.25, 0.3) is 0 Å². The highest BCUT2D eigenvalue weighted by Crippen LogP contribution is 2.39. The molecule has 1 saturated heterocycles. The van der Waals surface area contributed by atoms with Gasteiger partial charge < -0.3 is 4.74 Å². The van der Waals surface area contributed by atoms with Gasteiger partial charge in [0, 0.05) is 11.6 Å². The third-order valence-electron chi connectivity index (χ3n) is 3.23. The average Bonchev–Trinajstić information content (AvgIpc) is 2.08. The van der Waals surface area contributed by atoms with Crippen LogP contribution in [0.5, 0.6) is 0 Å². The monoisotopic (exact) mass is 241 g/mol. The Labute approximate surface area is 106 Å². The lowest BCUT2D eigenvalue weighted by Gasteiger charge is -2.54. The van der Waals surface area contributed by atoms with Crippen molar-refractivity contribution in [3.63, 3.8) is 0 Å². The van der Waals surface area contributed by atoms with Crippen molar-refractivity contribution < 1.29 is 9.53 Å². The molecule has 0 saturated carbocycles. The number of amides is 1. The summed E-state index contributed by atoms with van der Waals surface area (Å²) in [5, 5.41) is 0. The summed E-state index contributed by atoms with van der Waals surface area (Å²) in [5.41, 5.74) is -0.446. The number of carbonyl (C=O) groups excluding carboxylic acids is 1. The Morgan fingerprint density at radius 3 is 2.41 bits per heavy atom. The largest absolute Gasteiger partial charge is 0.444 e. The fourth-order valence-corrected chi connectivity index (χ4v) is 2.53. The summed E-state index contributed by atoms with van der Waals surface area (Å²) in [7, 11) is 0. The average molecular weight is 241 g/mol. The summed E-state index contributed by atoms with van der Waals surface area (Å²) < 4.78 is 5.47. The molecule has 3 nitrogen and oxygen atoms in total. The van der Waals surface area contributed by atoms with Crippen LogP contribution in [0.25, 0.3) is 0 Å². The molecular weight excluding hydrogens is 214 g/mol. The fraction of sp³-hybridized carbons (Fsp3) is 0.929. The van der Waals surface area contributed by atoms with Gasteiger partial charge in [-0.25, -0.2) is 4.79 Å². The van der Waals surface area contributed by atoms with Crippen molar-refractivity contribution in [3.05, 3.63) is 0 Å². The molecule has 1 atom stereocenters. The van der Waals surface area contributed by atoms with Crippen LogP contribution in [0.2, 0.25) is 0 Å². The van der Waals surface area contributed by atoms with E-state index in [-0.39, 0.29) is 11.6 Å². The third kappa shape index (κ3) is 3.62. The van der Waals surface area contributed by atoms with E-state index in [1.807, 2.05) is 25.7 Å².